The average Bonchev–Trinajstić information content (AvgIpc) is 2.34. The Bertz CT molecular complexity index is 211. The van der Waals surface area contributed by atoms with Crippen molar-refractivity contribution in [1.29, 1.82) is 0 Å². The molecule has 0 bridgehead atoms. The molecule has 0 aromatic carbocycles. The van der Waals surface area contributed by atoms with Crippen LogP contribution in [0.15, 0.2) is 11.4 Å². The van der Waals surface area contributed by atoms with Crippen molar-refractivity contribution < 1.29 is 5.11 Å². The van der Waals surface area contributed by atoms with E-state index in [9.17, 15) is 0 Å². The van der Waals surface area contributed by atoms with E-state index < -0.39 is 0 Å². The molecule has 4 heteroatoms. The molecule has 1 heterocycles. The molecule has 0 spiro atoms. The number of hydrogen-bond acceptors (Lipinski definition) is 4. The number of nitrogen functional groups attached to an aromatic ring is 1. The highest BCUT2D eigenvalue weighted by Crippen LogP contribution is 2.24. The lowest BCUT2D eigenvalue weighted by atomic mass is 10.2. The Morgan fingerprint density at radius 3 is 2.80 bits per heavy atom. The van der Waals surface area contributed by atoms with Gasteiger partial charge in [-0.15, -0.1) is 11.3 Å². The third-order valence-electron chi connectivity index (χ3n) is 1.26. The second kappa shape index (κ2) is 3.01. The Kier molecular flexibility index (Phi) is 2.26. The minimum atomic E-state index is -0.319. The first-order valence-electron chi connectivity index (χ1n) is 2.95. The van der Waals surface area contributed by atoms with Crippen molar-refractivity contribution in [3.8, 4) is 0 Å². The third-order valence-corrected chi connectivity index (χ3v) is 2.33. The van der Waals surface area contributed by atoms with Crippen molar-refractivity contribution >= 4 is 17.0 Å². The Morgan fingerprint density at radius 2 is 2.40 bits per heavy atom. The minimum Gasteiger partial charge on any atom is -0.398 e. The van der Waals surface area contributed by atoms with Gasteiger partial charge >= 0.3 is 0 Å². The summed E-state index contributed by atoms with van der Waals surface area (Å²) in [6.07, 6.45) is 0. The molecule has 1 aromatic rings. The summed E-state index contributed by atoms with van der Waals surface area (Å²) in [6.45, 7) is -0.0509. The van der Waals surface area contributed by atoms with Crippen molar-refractivity contribution in [3.05, 3.63) is 16.3 Å². The molecule has 0 fully saturated rings. The van der Waals surface area contributed by atoms with Crippen LogP contribution >= 0.6 is 11.3 Å². The lowest BCUT2D eigenvalue weighted by Gasteiger charge is -2.05. The first-order chi connectivity index (χ1) is 4.75. The smallest absolute Gasteiger partial charge is 0.0645 e. The molecule has 1 aromatic heterocycles. The van der Waals surface area contributed by atoms with Crippen LogP contribution < -0.4 is 11.5 Å². The molecule has 0 radical (unpaired) electrons. The summed E-state index contributed by atoms with van der Waals surface area (Å²) >= 11 is 1.47. The van der Waals surface area contributed by atoms with Gasteiger partial charge in [-0.3, -0.25) is 0 Å². The van der Waals surface area contributed by atoms with Crippen LogP contribution in [0.4, 0.5) is 5.69 Å². The van der Waals surface area contributed by atoms with E-state index >= 15 is 0 Å². The van der Waals surface area contributed by atoms with Gasteiger partial charge in [0.1, 0.15) is 0 Å². The molecular weight excluding hydrogens is 148 g/mol. The molecule has 1 atom stereocenters. The van der Waals surface area contributed by atoms with Crippen LogP contribution in [0, 0.1) is 0 Å². The molecule has 0 aliphatic carbocycles. The molecule has 0 aliphatic rings. The van der Waals surface area contributed by atoms with Crippen LogP contribution in [0.5, 0.6) is 0 Å². The van der Waals surface area contributed by atoms with Gasteiger partial charge in [-0.05, 0) is 11.4 Å². The zero-order chi connectivity index (χ0) is 7.56. The van der Waals surface area contributed by atoms with E-state index in [0.29, 0.717) is 5.69 Å². The van der Waals surface area contributed by atoms with Gasteiger partial charge in [-0.25, -0.2) is 0 Å². The Hall–Kier alpha value is -0.580. The van der Waals surface area contributed by atoms with Gasteiger partial charge in [0.2, 0.25) is 0 Å². The van der Waals surface area contributed by atoms with Crippen LogP contribution in [0.2, 0.25) is 0 Å². The van der Waals surface area contributed by atoms with Crippen LogP contribution in [0.3, 0.4) is 0 Å². The topological polar surface area (TPSA) is 72.3 Å². The minimum absolute atomic E-state index is 0.0509. The van der Waals surface area contributed by atoms with Crippen LogP contribution in [0.25, 0.3) is 0 Å². The Labute approximate surface area is 63.3 Å². The maximum atomic E-state index is 8.66. The van der Waals surface area contributed by atoms with Crippen molar-refractivity contribution in [2.75, 3.05) is 12.3 Å². The molecule has 0 aliphatic heterocycles. The summed E-state index contributed by atoms with van der Waals surface area (Å²) in [5.41, 5.74) is 11.7. The molecule has 56 valence electrons. The van der Waals surface area contributed by atoms with E-state index in [4.69, 9.17) is 16.6 Å². The summed E-state index contributed by atoms with van der Waals surface area (Å²) in [4.78, 5) is 0.863. The van der Waals surface area contributed by atoms with Crippen LogP contribution in [-0.4, -0.2) is 11.7 Å². The van der Waals surface area contributed by atoms with Gasteiger partial charge in [0, 0.05) is 10.6 Å². The standard InChI is InChI=1S/C6H10N2OS/c7-4-1-2-10-6(4)5(8)3-9/h1-2,5,9H,3,7-8H2/t5-/m1/s1. The highest BCUT2D eigenvalue weighted by Gasteiger charge is 2.08. The maximum absolute atomic E-state index is 8.66. The van der Waals surface area contributed by atoms with E-state index in [-0.39, 0.29) is 12.6 Å². The molecule has 5 N–H and O–H groups in total. The second-order valence-electron chi connectivity index (χ2n) is 2.03. The second-order valence-corrected chi connectivity index (χ2v) is 2.98. The van der Waals surface area contributed by atoms with Crippen molar-refractivity contribution in [3.63, 3.8) is 0 Å². The molecule has 0 amide bonds. The van der Waals surface area contributed by atoms with Crippen molar-refractivity contribution in [1.82, 2.24) is 0 Å². The van der Waals surface area contributed by atoms with E-state index in [2.05, 4.69) is 0 Å². The van der Waals surface area contributed by atoms with Gasteiger partial charge in [-0.2, -0.15) is 0 Å². The van der Waals surface area contributed by atoms with E-state index in [0.717, 1.165) is 4.88 Å². The average molecular weight is 158 g/mol. The monoisotopic (exact) mass is 158 g/mol. The molecule has 10 heavy (non-hydrogen) atoms. The maximum Gasteiger partial charge on any atom is 0.0645 e. The number of aliphatic hydroxyl groups is 1. The fourth-order valence-electron chi connectivity index (χ4n) is 0.715. The number of thiophene rings is 1. The fraction of sp³-hybridized carbons (Fsp3) is 0.333. The molecular formula is C6H10N2OS. The zero-order valence-electron chi connectivity index (χ0n) is 5.45. The Morgan fingerprint density at radius 1 is 1.70 bits per heavy atom. The molecule has 3 nitrogen and oxygen atoms in total. The number of anilines is 1. The number of rotatable bonds is 2. The van der Waals surface area contributed by atoms with Crippen molar-refractivity contribution in [2.45, 2.75) is 6.04 Å². The quantitative estimate of drug-likeness (QED) is 0.580. The normalized spacial score (nSPS) is 13.4. The van der Waals surface area contributed by atoms with Gasteiger partial charge in [0.05, 0.1) is 12.6 Å². The number of aliphatic hydroxyl groups excluding tert-OH is 1. The Balaban J connectivity index is 2.82. The summed E-state index contributed by atoms with van der Waals surface area (Å²) < 4.78 is 0. The predicted molar refractivity (Wildman–Crippen MR) is 42.7 cm³/mol. The molecule has 0 saturated carbocycles. The zero-order valence-corrected chi connectivity index (χ0v) is 6.27. The number of hydrogen-bond donors (Lipinski definition) is 3. The van der Waals surface area contributed by atoms with Gasteiger partial charge in [-0.1, -0.05) is 0 Å². The van der Waals surface area contributed by atoms with Gasteiger partial charge in [0.15, 0.2) is 0 Å². The van der Waals surface area contributed by atoms with E-state index in [1.165, 1.54) is 11.3 Å². The first-order valence-corrected chi connectivity index (χ1v) is 3.83. The van der Waals surface area contributed by atoms with Crippen LogP contribution in [0.1, 0.15) is 10.9 Å². The lowest BCUT2D eigenvalue weighted by molar-refractivity contribution is 0.270. The molecule has 0 saturated heterocycles. The first kappa shape index (κ1) is 7.53. The molecule has 1 rings (SSSR count). The predicted octanol–water partition coefficient (Wildman–Crippen LogP) is 0.322. The summed E-state index contributed by atoms with van der Waals surface area (Å²) in [7, 11) is 0. The summed E-state index contributed by atoms with van der Waals surface area (Å²) in [5, 5.41) is 10.5. The summed E-state index contributed by atoms with van der Waals surface area (Å²) in [5.74, 6) is 0. The third kappa shape index (κ3) is 1.29. The highest BCUT2D eigenvalue weighted by atomic mass is 32.1. The molecule has 0 unspecified atom stereocenters. The highest BCUT2D eigenvalue weighted by molar-refractivity contribution is 7.10. The van der Waals surface area contributed by atoms with Gasteiger partial charge in [0.25, 0.3) is 0 Å². The SMILES string of the molecule is Nc1ccsc1[C@H](N)CO. The summed E-state index contributed by atoms with van der Waals surface area (Å²) in [6, 6.07) is 1.47. The lowest BCUT2D eigenvalue weighted by Crippen LogP contribution is -2.14. The fourth-order valence-corrected chi connectivity index (χ4v) is 1.53. The van der Waals surface area contributed by atoms with Gasteiger partial charge < -0.3 is 16.6 Å². The van der Waals surface area contributed by atoms with E-state index in [1.54, 1.807) is 6.07 Å². The van der Waals surface area contributed by atoms with E-state index in [1.807, 2.05) is 5.38 Å². The van der Waals surface area contributed by atoms with Crippen molar-refractivity contribution in [2.24, 2.45) is 5.73 Å². The number of nitrogens with two attached hydrogens (primary N) is 2. The van der Waals surface area contributed by atoms with Crippen LogP contribution in [-0.2, 0) is 0 Å². The largest absolute Gasteiger partial charge is 0.398 e.